The molecule has 5 nitrogen and oxygen atoms in total. The highest BCUT2D eigenvalue weighted by Crippen LogP contribution is 2.38. The van der Waals surface area contributed by atoms with Crippen LogP contribution >= 0.6 is 0 Å². The van der Waals surface area contributed by atoms with E-state index < -0.39 is 0 Å². The molecule has 3 atom stereocenters. The molecule has 0 radical (unpaired) electrons. The molecule has 1 aromatic rings. The lowest BCUT2D eigenvalue weighted by atomic mass is 9.70. The molecule has 21 heavy (non-hydrogen) atoms. The van der Waals surface area contributed by atoms with Crippen LogP contribution in [0.5, 0.6) is 0 Å². The maximum atomic E-state index is 12.7. The largest absolute Gasteiger partial charge is 0.394 e. The van der Waals surface area contributed by atoms with E-state index in [1.165, 1.54) is 6.42 Å². The molecule has 1 fully saturated rings. The Morgan fingerprint density at radius 3 is 2.95 bits per heavy atom. The summed E-state index contributed by atoms with van der Waals surface area (Å²) in [4.78, 5) is 12.7. The minimum Gasteiger partial charge on any atom is -0.394 e. The molecule has 1 heterocycles. The predicted molar refractivity (Wildman–Crippen MR) is 82.8 cm³/mol. The second kappa shape index (κ2) is 7.07. The van der Waals surface area contributed by atoms with Gasteiger partial charge in [0.2, 0.25) is 5.91 Å². The first-order valence-corrected chi connectivity index (χ1v) is 7.96. The first-order valence-electron chi connectivity index (χ1n) is 7.96. The van der Waals surface area contributed by atoms with Crippen LogP contribution in [-0.2, 0) is 11.3 Å². The van der Waals surface area contributed by atoms with E-state index in [1.54, 1.807) is 16.9 Å². The molecule has 0 saturated heterocycles. The van der Waals surface area contributed by atoms with E-state index in [4.69, 9.17) is 5.11 Å². The summed E-state index contributed by atoms with van der Waals surface area (Å²) in [5.41, 5.74) is 0. The number of hydrogen-bond acceptors (Lipinski definition) is 3. The molecule has 5 heteroatoms. The minimum absolute atomic E-state index is 0.0135. The molecule has 0 bridgehead atoms. The van der Waals surface area contributed by atoms with Crippen molar-refractivity contribution in [2.24, 2.45) is 23.7 Å². The molecular formula is C16H27N3O2. The summed E-state index contributed by atoms with van der Waals surface area (Å²) in [6.07, 6.45) is 4.96. The molecule has 2 rings (SSSR count). The quantitative estimate of drug-likeness (QED) is 0.876. The van der Waals surface area contributed by atoms with Crippen molar-refractivity contribution in [2.45, 2.75) is 46.6 Å². The van der Waals surface area contributed by atoms with Crippen LogP contribution in [0.3, 0.4) is 0 Å². The summed E-state index contributed by atoms with van der Waals surface area (Å²) < 4.78 is 1.63. The Hall–Kier alpha value is -1.36. The zero-order chi connectivity index (χ0) is 15.4. The van der Waals surface area contributed by atoms with Crippen LogP contribution in [0.15, 0.2) is 12.3 Å². The number of aliphatic hydroxyl groups is 1. The van der Waals surface area contributed by atoms with E-state index in [-0.39, 0.29) is 18.4 Å². The van der Waals surface area contributed by atoms with Crippen molar-refractivity contribution in [3.8, 4) is 0 Å². The molecule has 1 aliphatic rings. The maximum absolute atomic E-state index is 12.7. The standard InChI is InChI=1S/C16H27N3O2/c1-11(2)13-5-4-12(3)10-14(13)16(21)18-15-6-7-17-19(15)8-9-20/h6-7,11-14,20H,4-5,8-10H2,1-3H3,(H,18,21)/t12-,13+,14-/m1/s1. The lowest BCUT2D eigenvalue weighted by Gasteiger charge is -2.36. The van der Waals surface area contributed by atoms with Gasteiger partial charge in [-0.05, 0) is 30.6 Å². The third-order valence-electron chi connectivity index (χ3n) is 4.64. The Labute approximate surface area is 126 Å². The van der Waals surface area contributed by atoms with E-state index in [0.29, 0.717) is 30.1 Å². The average Bonchev–Trinajstić information content (AvgIpc) is 2.86. The van der Waals surface area contributed by atoms with Gasteiger partial charge in [0.05, 0.1) is 19.3 Å². The first-order chi connectivity index (χ1) is 10.0. The summed E-state index contributed by atoms with van der Waals surface area (Å²) >= 11 is 0. The van der Waals surface area contributed by atoms with Crippen molar-refractivity contribution in [3.05, 3.63) is 12.3 Å². The van der Waals surface area contributed by atoms with E-state index in [0.717, 1.165) is 12.8 Å². The zero-order valence-corrected chi connectivity index (χ0v) is 13.2. The molecule has 1 amide bonds. The SMILES string of the molecule is CC(C)[C@@H]1CC[C@@H](C)C[C@H]1C(=O)Nc1ccnn1CCO. The smallest absolute Gasteiger partial charge is 0.228 e. The molecule has 1 saturated carbocycles. The Morgan fingerprint density at radius 2 is 2.29 bits per heavy atom. The van der Waals surface area contributed by atoms with E-state index >= 15 is 0 Å². The van der Waals surface area contributed by atoms with Crippen LogP contribution in [0.4, 0.5) is 5.82 Å². The second-order valence-electron chi connectivity index (χ2n) is 6.59. The van der Waals surface area contributed by atoms with E-state index in [9.17, 15) is 4.79 Å². The highest BCUT2D eigenvalue weighted by Gasteiger charge is 2.35. The number of amides is 1. The van der Waals surface area contributed by atoms with Crippen molar-refractivity contribution in [1.29, 1.82) is 0 Å². The van der Waals surface area contributed by atoms with Gasteiger partial charge >= 0.3 is 0 Å². The topological polar surface area (TPSA) is 67.2 Å². The molecule has 0 spiro atoms. The second-order valence-corrected chi connectivity index (χ2v) is 6.59. The van der Waals surface area contributed by atoms with Gasteiger partial charge in [0.1, 0.15) is 5.82 Å². The normalized spacial score (nSPS) is 26.0. The van der Waals surface area contributed by atoms with Crippen LogP contribution in [0, 0.1) is 23.7 Å². The van der Waals surface area contributed by atoms with Crippen molar-refractivity contribution < 1.29 is 9.90 Å². The third-order valence-corrected chi connectivity index (χ3v) is 4.64. The first kappa shape index (κ1) is 16.0. The summed E-state index contributed by atoms with van der Waals surface area (Å²) in [5, 5.41) is 16.1. The Bertz CT molecular complexity index is 470. The molecule has 118 valence electrons. The number of nitrogens with one attached hydrogen (secondary N) is 1. The predicted octanol–water partition coefficient (Wildman–Crippen LogP) is 2.52. The molecule has 0 aliphatic heterocycles. The average molecular weight is 293 g/mol. The highest BCUT2D eigenvalue weighted by atomic mass is 16.3. The van der Waals surface area contributed by atoms with Crippen molar-refractivity contribution in [3.63, 3.8) is 0 Å². The van der Waals surface area contributed by atoms with E-state index in [1.807, 2.05) is 0 Å². The van der Waals surface area contributed by atoms with Crippen molar-refractivity contribution in [2.75, 3.05) is 11.9 Å². The van der Waals surface area contributed by atoms with Crippen LogP contribution in [0.25, 0.3) is 0 Å². The number of nitrogens with zero attached hydrogens (tertiary/aromatic N) is 2. The molecular weight excluding hydrogens is 266 g/mol. The van der Waals surface area contributed by atoms with Gasteiger partial charge in [-0.15, -0.1) is 0 Å². The van der Waals surface area contributed by atoms with Crippen LogP contribution in [0.2, 0.25) is 0 Å². The molecule has 0 aromatic carbocycles. The Morgan fingerprint density at radius 1 is 1.52 bits per heavy atom. The molecule has 0 unspecified atom stereocenters. The van der Waals surface area contributed by atoms with Gasteiger partial charge in [0, 0.05) is 12.0 Å². The summed E-state index contributed by atoms with van der Waals surface area (Å²) in [5.74, 6) is 2.44. The monoisotopic (exact) mass is 293 g/mol. The number of carbonyl (C=O) groups excluding carboxylic acids is 1. The number of hydrogen-bond donors (Lipinski definition) is 2. The number of rotatable bonds is 5. The Kier molecular flexibility index (Phi) is 5.39. The number of anilines is 1. The maximum Gasteiger partial charge on any atom is 0.228 e. The van der Waals surface area contributed by atoms with Gasteiger partial charge in [-0.2, -0.15) is 5.10 Å². The fourth-order valence-corrected chi connectivity index (χ4v) is 3.43. The van der Waals surface area contributed by atoms with Gasteiger partial charge in [-0.1, -0.05) is 27.2 Å². The fourth-order valence-electron chi connectivity index (χ4n) is 3.43. The summed E-state index contributed by atoms with van der Waals surface area (Å²) in [6.45, 7) is 7.05. The van der Waals surface area contributed by atoms with Crippen LogP contribution < -0.4 is 5.32 Å². The van der Waals surface area contributed by atoms with Gasteiger partial charge in [-0.3, -0.25) is 4.79 Å². The third kappa shape index (κ3) is 3.84. The van der Waals surface area contributed by atoms with E-state index in [2.05, 4.69) is 31.2 Å². The van der Waals surface area contributed by atoms with Crippen molar-refractivity contribution >= 4 is 11.7 Å². The lowest BCUT2D eigenvalue weighted by molar-refractivity contribution is -0.124. The number of aliphatic hydroxyl groups excluding tert-OH is 1. The van der Waals surface area contributed by atoms with Gasteiger partial charge < -0.3 is 10.4 Å². The summed E-state index contributed by atoms with van der Waals surface area (Å²) in [7, 11) is 0. The zero-order valence-electron chi connectivity index (χ0n) is 13.2. The van der Waals surface area contributed by atoms with Crippen LogP contribution in [0.1, 0.15) is 40.0 Å². The van der Waals surface area contributed by atoms with Gasteiger partial charge in [-0.25, -0.2) is 4.68 Å². The molecule has 2 N–H and O–H groups in total. The van der Waals surface area contributed by atoms with Gasteiger partial charge in [0.15, 0.2) is 0 Å². The fraction of sp³-hybridized carbons (Fsp3) is 0.750. The van der Waals surface area contributed by atoms with Crippen LogP contribution in [-0.4, -0.2) is 27.4 Å². The van der Waals surface area contributed by atoms with Crippen molar-refractivity contribution in [1.82, 2.24) is 9.78 Å². The molecule has 1 aliphatic carbocycles. The Balaban J connectivity index is 2.07. The number of carbonyl (C=O) groups is 1. The number of aromatic nitrogens is 2. The minimum atomic E-state index is 0.0135. The lowest BCUT2D eigenvalue weighted by Crippen LogP contribution is -2.37. The summed E-state index contributed by atoms with van der Waals surface area (Å²) in [6, 6.07) is 1.78. The molecule has 1 aromatic heterocycles. The van der Waals surface area contributed by atoms with Gasteiger partial charge in [0.25, 0.3) is 0 Å². The highest BCUT2D eigenvalue weighted by molar-refractivity contribution is 5.92.